The topological polar surface area (TPSA) is 18.5 Å². The molecule has 0 radical (unpaired) electrons. The molecule has 0 fully saturated rings. The van der Waals surface area contributed by atoms with Crippen LogP contribution in [0, 0.1) is 3.57 Å². The van der Waals surface area contributed by atoms with Gasteiger partial charge in [-0.3, -0.25) is 0 Å². The Morgan fingerprint density at radius 1 is 1.08 bits per heavy atom. The minimum Gasteiger partial charge on any atom is -0.494 e. The van der Waals surface area contributed by atoms with Crippen molar-refractivity contribution in [3.63, 3.8) is 0 Å². The number of hydrogen-bond donors (Lipinski definition) is 0. The quantitative estimate of drug-likeness (QED) is 0.770. The second-order valence-corrected chi connectivity index (χ2v) is 4.11. The van der Waals surface area contributed by atoms with E-state index in [0.717, 1.165) is 3.57 Å². The molecule has 0 aliphatic heterocycles. The maximum absolute atomic E-state index is 5.89. The van der Waals surface area contributed by atoms with Gasteiger partial charge in [-0.25, -0.2) is 0 Å². The summed E-state index contributed by atoms with van der Waals surface area (Å²) in [6.07, 6.45) is 0. The summed E-state index contributed by atoms with van der Waals surface area (Å²) in [5.41, 5.74) is 0. The first-order valence-corrected chi connectivity index (χ1v) is 5.20. The molecular weight excluding hydrogens is 326 g/mol. The van der Waals surface area contributed by atoms with E-state index >= 15 is 0 Å². The van der Waals surface area contributed by atoms with Crippen molar-refractivity contribution in [1.82, 2.24) is 0 Å². The monoisotopic (exact) mass is 332 g/mol. The first-order chi connectivity index (χ1) is 6.11. The molecule has 0 aliphatic rings. The number of halogens is 3. The lowest BCUT2D eigenvalue weighted by Gasteiger charge is -2.11. The van der Waals surface area contributed by atoms with Gasteiger partial charge in [0, 0.05) is 0 Å². The van der Waals surface area contributed by atoms with Crippen LogP contribution in [0.2, 0.25) is 10.0 Å². The molecule has 2 nitrogen and oxygen atoms in total. The number of methoxy groups -OCH3 is 2. The standard InChI is InChI=1S/C8H7Cl2IO2/c1-12-7-4(9)3-5(10)8(13-2)6(7)11/h3H,1-2H3. The highest BCUT2D eigenvalue weighted by Crippen LogP contribution is 2.41. The van der Waals surface area contributed by atoms with Crippen LogP contribution in [0.1, 0.15) is 0 Å². The number of benzene rings is 1. The second-order valence-electron chi connectivity index (χ2n) is 2.22. The molecule has 5 heteroatoms. The minimum absolute atomic E-state index is 0.484. The molecule has 0 atom stereocenters. The van der Waals surface area contributed by atoms with Gasteiger partial charge in [-0.05, 0) is 28.7 Å². The zero-order valence-electron chi connectivity index (χ0n) is 7.03. The summed E-state index contributed by atoms with van der Waals surface area (Å²) < 4.78 is 11.0. The molecule has 0 aliphatic carbocycles. The largest absolute Gasteiger partial charge is 0.494 e. The second kappa shape index (κ2) is 4.57. The Morgan fingerprint density at radius 2 is 1.46 bits per heavy atom. The highest BCUT2D eigenvalue weighted by atomic mass is 127. The third kappa shape index (κ3) is 2.14. The van der Waals surface area contributed by atoms with Crippen molar-refractivity contribution < 1.29 is 9.47 Å². The van der Waals surface area contributed by atoms with Crippen molar-refractivity contribution in [3.05, 3.63) is 19.7 Å². The molecule has 0 spiro atoms. The SMILES string of the molecule is COc1c(Cl)cc(Cl)c(OC)c1I. The maximum atomic E-state index is 5.89. The van der Waals surface area contributed by atoms with Crippen LogP contribution in [-0.2, 0) is 0 Å². The van der Waals surface area contributed by atoms with E-state index in [0.29, 0.717) is 21.5 Å². The zero-order chi connectivity index (χ0) is 10.0. The van der Waals surface area contributed by atoms with Crippen molar-refractivity contribution in [2.75, 3.05) is 14.2 Å². The van der Waals surface area contributed by atoms with Crippen LogP contribution in [-0.4, -0.2) is 14.2 Å². The number of hydrogen-bond acceptors (Lipinski definition) is 2. The van der Waals surface area contributed by atoms with Gasteiger partial charge in [0.05, 0.1) is 24.3 Å². The summed E-state index contributed by atoms with van der Waals surface area (Å²) >= 11 is 13.9. The lowest BCUT2D eigenvalue weighted by atomic mass is 10.3. The van der Waals surface area contributed by atoms with E-state index in [-0.39, 0.29) is 0 Å². The third-order valence-electron chi connectivity index (χ3n) is 1.49. The van der Waals surface area contributed by atoms with Crippen LogP contribution in [0.3, 0.4) is 0 Å². The molecule has 13 heavy (non-hydrogen) atoms. The van der Waals surface area contributed by atoms with E-state index in [1.807, 2.05) is 0 Å². The third-order valence-corrected chi connectivity index (χ3v) is 3.04. The molecule has 0 aromatic heterocycles. The predicted molar refractivity (Wildman–Crippen MR) is 62.3 cm³/mol. The summed E-state index contributed by atoms with van der Waals surface area (Å²) in [5.74, 6) is 1.17. The van der Waals surface area contributed by atoms with Gasteiger partial charge in [-0.2, -0.15) is 0 Å². The van der Waals surface area contributed by atoms with Gasteiger partial charge in [0.25, 0.3) is 0 Å². The Bertz CT molecular complexity index is 300. The van der Waals surface area contributed by atoms with E-state index in [1.165, 1.54) is 0 Å². The number of ether oxygens (including phenoxy) is 2. The zero-order valence-corrected chi connectivity index (χ0v) is 10.7. The molecule has 0 bridgehead atoms. The van der Waals surface area contributed by atoms with Crippen molar-refractivity contribution >= 4 is 45.8 Å². The molecule has 0 amide bonds. The molecule has 1 rings (SSSR count). The number of rotatable bonds is 2. The normalized spacial score (nSPS) is 9.92. The van der Waals surface area contributed by atoms with Crippen LogP contribution in [0.15, 0.2) is 6.07 Å². The maximum Gasteiger partial charge on any atom is 0.154 e. The van der Waals surface area contributed by atoms with Gasteiger partial charge >= 0.3 is 0 Å². The van der Waals surface area contributed by atoms with Gasteiger partial charge in [-0.1, -0.05) is 23.2 Å². The van der Waals surface area contributed by atoms with Crippen LogP contribution in [0.5, 0.6) is 11.5 Å². The highest BCUT2D eigenvalue weighted by Gasteiger charge is 2.15. The van der Waals surface area contributed by atoms with Gasteiger partial charge < -0.3 is 9.47 Å². The van der Waals surface area contributed by atoms with E-state index in [2.05, 4.69) is 22.6 Å². The molecule has 0 saturated heterocycles. The lowest BCUT2D eigenvalue weighted by molar-refractivity contribution is 0.389. The Kier molecular flexibility index (Phi) is 3.94. The van der Waals surface area contributed by atoms with Crippen LogP contribution in [0.25, 0.3) is 0 Å². The fraction of sp³-hybridized carbons (Fsp3) is 0.250. The van der Waals surface area contributed by atoms with Gasteiger partial charge in [0.15, 0.2) is 11.5 Å². The predicted octanol–water partition coefficient (Wildman–Crippen LogP) is 3.62. The first-order valence-electron chi connectivity index (χ1n) is 3.37. The van der Waals surface area contributed by atoms with Gasteiger partial charge in [0.1, 0.15) is 3.57 Å². The van der Waals surface area contributed by atoms with Crippen LogP contribution < -0.4 is 9.47 Å². The fourth-order valence-electron chi connectivity index (χ4n) is 0.929. The Hall–Kier alpha value is 0.130. The lowest BCUT2D eigenvalue weighted by Crippen LogP contribution is -1.94. The molecule has 0 heterocycles. The van der Waals surface area contributed by atoms with E-state index in [4.69, 9.17) is 32.7 Å². The first kappa shape index (κ1) is 11.2. The highest BCUT2D eigenvalue weighted by molar-refractivity contribution is 14.1. The van der Waals surface area contributed by atoms with Crippen LogP contribution in [0.4, 0.5) is 0 Å². The van der Waals surface area contributed by atoms with Gasteiger partial charge in [0.2, 0.25) is 0 Å². The Morgan fingerprint density at radius 3 is 1.77 bits per heavy atom. The molecule has 0 unspecified atom stereocenters. The molecule has 0 N–H and O–H groups in total. The van der Waals surface area contributed by atoms with Crippen LogP contribution >= 0.6 is 45.8 Å². The minimum atomic E-state index is 0.484. The Labute approximate surface area is 100 Å². The van der Waals surface area contributed by atoms with E-state index in [1.54, 1.807) is 20.3 Å². The smallest absolute Gasteiger partial charge is 0.154 e. The van der Waals surface area contributed by atoms with E-state index < -0.39 is 0 Å². The van der Waals surface area contributed by atoms with Crippen molar-refractivity contribution in [3.8, 4) is 11.5 Å². The summed E-state index contributed by atoms with van der Waals surface area (Å²) in [6, 6.07) is 1.60. The molecule has 1 aromatic rings. The van der Waals surface area contributed by atoms with Crippen molar-refractivity contribution in [1.29, 1.82) is 0 Å². The average Bonchev–Trinajstić information content (AvgIpc) is 2.04. The summed E-state index contributed by atoms with van der Waals surface area (Å²) in [5, 5.41) is 0.968. The molecule has 1 aromatic carbocycles. The average molecular weight is 333 g/mol. The van der Waals surface area contributed by atoms with Crippen molar-refractivity contribution in [2.24, 2.45) is 0 Å². The summed E-state index contributed by atoms with van der Waals surface area (Å²) in [6.45, 7) is 0. The summed E-state index contributed by atoms with van der Waals surface area (Å²) in [4.78, 5) is 0. The van der Waals surface area contributed by atoms with Crippen molar-refractivity contribution in [2.45, 2.75) is 0 Å². The van der Waals surface area contributed by atoms with E-state index in [9.17, 15) is 0 Å². The fourth-order valence-corrected chi connectivity index (χ4v) is 2.89. The Balaban J connectivity index is 3.39. The molecule has 0 saturated carbocycles. The summed E-state index contributed by atoms with van der Waals surface area (Å²) in [7, 11) is 3.10. The molecular formula is C8H7Cl2IO2. The molecule has 72 valence electrons. The van der Waals surface area contributed by atoms with Gasteiger partial charge in [-0.15, -0.1) is 0 Å².